The van der Waals surface area contributed by atoms with E-state index in [9.17, 15) is 35.1 Å². The van der Waals surface area contributed by atoms with E-state index < -0.39 is 46.4 Å². The summed E-state index contributed by atoms with van der Waals surface area (Å²) in [6.45, 7) is 0. The number of H-pyrrole nitrogens is 4. The van der Waals surface area contributed by atoms with Gasteiger partial charge in [-0.15, -0.1) is 16.4 Å². The molecule has 0 fully saturated rings. The number of rotatable bonds is 0. The third-order valence-electron chi connectivity index (χ3n) is 5.05. The predicted molar refractivity (Wildman–Crippen MR) is 295 cm³/mol. The van der Waals surface area contributed by atoms with Gasteiger partial charge in [-0.2, -0.15) is 38.4 Å². The number of nitrogens with zero attached hydrogens (tertiary/aromatic N) is 3. The van der Waals surface area contributed by atoms with E-state index in [1.165, 1.54) is 52.3 Å². The minimum atomic E-state index is -0.858. The number of hydrogen-bond acceptors (Lipinski definition) is 8. The fraction of sp³-hybridized carbons (Fsp3) is 0. The lowest BCUT2D eigenvalue weighted by Gasteiger charge is -1.77. The van der Waals surface area contributed by atoms with E-state index in [4.69, 9.17) is 4.42 Å². The lowest BCUT2D eigenvalue weighted by Crippen LogP contribution is -1.74. The Labute approximate surface area is 477 Å². The molecule has 0 aromatic carbocycles. The molecule has 0 bridgehead atoms. The van der Waals surface area contributed by atoms with Crippen LogP contribution in [0.3, 0.4) is 0 Å². The molecule has 336 valence electrons. The molecule has 0 spiro atoms. The van der Waals surface area contributed by atoms with E-state index in [2.05, 4.69) is 169 Å². The summed E-state index contributed by atoms with van der Waals surface area (Å²) in [5.74, 6) is -3.77. The smallest absolute Gasteiger partial charge is 0.294 e. The van der Waals surface area contributed by atoms with E-state index in [1.807, 2.05) is 35.8 Å². The van der Waals surface area contributed by atoms with Gasteiger partial charge in [-0.1, -0.05) is 5.16 Å². The van der Waals surface area contributed by atoms with Crippen LogP contribution in [0.2, 0.25) is 0 Å². The second kappa shape index (κ2) is 35.3. The van der Waals surface area contributed by atoms with Crippen LogP contribution in [0.25, 0.3) is 0 Å². The first-order valence-electron chi connectivity index (χ1n) is 15.0. The van der Waals surface area contributed by atoms with Crippen molar-refractivity contribution in [3.8, 4) is 0 Å². The average molecular weight is 1920 g/mol. The van der Waals surface area contributed by atoms with Crippen molar-refractivity contribution < 1.29 is 48.5 Å². The van der Waals surface area contributed by atoms with Crippen molar-refractivity contribution in [3.63, 3.8) is 0 Å². The first kappa shape index (κ1) is 60.2. The molecule has 0 aliphatic heterocycles. The molecular weight excluding hydrogens is 1900 g/mol. The highest BCUT2D eigenvalue weighted by Crippen LogP contribution is 2.20. The van der Waals surface area contributed by atoms with Gasteiger partial charge in [0.05, 0.1) is 32.9 Å². The van der Waals surface area contributed by atoms with Gasteiger partial charge in [0.2, 0.25) is 17.8 Å². The number of nitrogens with one attached hydrogen (secondary N) is 4. The Bertz CT molecular complexity index is 1990. The molecule has 0 unspecified atom stereocenters. The molecule has 9 heterocycles. The Hall–Kier alpha value is 0.160. The van der Waals surface area contributed by atoms with Crippen LogP contribution >= 0.6 is 226 Å². The highest BCUT2D eigenvalue weighted by atomic mass is 127. The van der Waals surface area contributed by atoms with Crippen molar-refractivity contribution in [1.82, 2.24) is 35.5 Å². The maximum absolute atomic E-state index is 12.1. The second-order valence-corrected chi connectivity index (χ2v) is 21.6. The highest BCUT2D eigenvalue weighted by molar-refractivity contribution is 14.1. The molecule has 0 saturated heterocycles. The molecule has 0 atom stereocenters. The van der Waals surface area contributed by atoms with Crippen LogP contribution in [0, 0.1) is 78.6 Å². The number of aromatic amines is 4. The fourth-order valence-electron chi connectivity index (χ4n) is 2.47. The summed E-state index contributed by atoms with van der Waals surface area (Å²) < 4.78 is 115. The van der Waals surface area contributed by atoms with Gasteiger partial charge in [-0.3, -0.25) is 5.10 Å². The molecule has 9 aromatic rings. The summed E-state index contributed by atoms with van der Waals surface area (Å²) >= 11 is 19.8. The van der Waals surface area contributed by atoms with Crippen molar-refractivity contribution in [2.45, 2.75) is 0 Å². The van der Waals surface area contributed by atoms with Gasteiger partial charge >= 0.3 is 0 Å². The molecule has 0 aliphatic carbocycles. The molecular formula is C33H20F8I9N7O3S2. The lowest BCUT2D eigenvalue weighted by atomic mass is 10.6. The van der Waals surface area contributed by atoms with Crippen molar-refractivity contribution >= 4 is 226 Å². The highest BCUT2D eigenvalue weighted by Gasteiger charge is 2.09. The number of aromatic nitrogens is 7. The minimum absolute atomic E-state index is 0.0163. The summed E-state index contributed by atoms with van der Waals surface area (Å²) in [6, 6.07) is 5.15. The monoisotopic (exact) mass is 1920 g/mol. The van der Waals surface area contributed by atoms with E-state index in [-0.39, 0.29) is 14.3 Å². The molecule has 29 heteroatoms. The molecule has 62 heavy (non-hydrogen) atoms. The van der Waals surface area contributed by atoms with Crippen molar-refractivity contribution in [2.75, 3.05) is 0 Å². The van der Waals surface area contributed by atoms with Crippen molar-refractivity contribution in [2.24, 2.45) is 0 Å². The maximum Gasteiger partial charge on any atom is 0.294 e. The standard InChI is InChI=1S/C4H2F2IN.C4HF2IO.C4HF2IS.C4H4IN.C4H3IO.C4H3IS.C3HF2IN2.C3H3IN2.C3H2INO/c3*5-2-1-8-4(6)3(2)7;3*5-4-1-2-6-3-4;4-2-1(6)3(5)8-7-2;2*4-3-1-5-6-2-3/h1,8H;2*1H;1-3,6H;2*1-3H;(H,7,8);1-2H,(H,5,6);1-2H. The molecule has 0 amide bonds. The normalized spacial score (nSPS) is 9.37. The van der Waals surface area contributed by atoms with Crippen LogP contribution in [0.1, 0.15) is 0 Å². The average Bonchev–Trinajstić information content (AvgIpc) is 4.12. The van der Waals surface area contributed by atoms with Gasteiger partial charge in [-0.05, 0) is 227 Å². The molecule has 0 radical (unpaired) electrons. The maximum atomic E-state index is 12.1. The van der Waals surface area contributed by atoms with Crippen LogP contribution in [0.5, 0.6) is 0 Å². The zero-order chi connectivity index (χ0) is 46.6. The first-order valence-corrected chi connectivity index (χ1v) is 26.6. The summed E-state index contributed by atoms with van der Waals surface area (Å²) in [7, 11) is 0. The number of hydrogen-bond donors (Lipinski definition) is 4. The Morgan fingerprint density at radius 3 is 1.47 bits per heavy atom. The SMILES string of the molecule is Fc1c[nH]c(F)c1I.Fc1coc(F)c1I.Fc1csc(F)c1I.Fc1n[nH]c(F)c1I.Ic1cc[nH]c1.Ic1ccoc1.Ic1ccsc1.Ic1cn[nH]c1.Ic1cnoc1. The van der Waals surface area contributed by atoms with Crippen LogP contribution in [0.15, 0.2) is 110 Å². The zero-order valence-electron chi connectivity index (χ0n) is 29.5. The van der Waals surface area contributed by atoms with E-state index in [1.54, 1.807) is 87.7 Å². The van der Waals surface area contributed by atoms with E-state index >= 15 is 0 Å². The lowest BCUT2D eigenvalue weighted by molar-refractivity contribution is 0.353. The van der Waals surface area contributed by atoms with Crippen molar-refractivity contribution in [3.05, 3.63) is 175 Å². The van der Waals surface area contributed by atoms with Gasteiger partial charge in [0.25, 0.3) is 6.01 Å². The Morgan fingerprint density at radius 2 is 1.32 bits per heavy atom. The van der Waals surface area contributed by atoms with Gasteiger partial charge in [-0.25, -0.2) is 18.3 Å². The Balaban J connectivity index is 0.000000350. The van der Waals surface area contributed by atoms with Crippen LogP contribution in [0.4, 0.5) is 35.1 Å². The van der Waals surface area contributed by atoms with Crippen LogP contribution < -0.4 is 0 Å². The Kier molecular flexibility index (Phi) is 34.3. The summed E-state index contributed by atoms with van der Waals surface area (Å²) in [4.78, 5) is 5.01. The Morgan fingerprint density at radius 1 is 0.597 bits per heavy atom. The number of furan rings is 2. The largest absolute Gasteiger partial charge is 0.471 e. The van der Waals surface area contributed by atoms with Crippen LogP contribution in [-0.4, -0.2) is 35.5 Å². The van der Waals surface area contributed by atoms with E-state index in [0.717, 1.165) is 39.9 Å². The molecule has 0 aliphatic rings. The van der Waals surface area contributed by atoms with Crippen LogP contribution in [-0.2, 0) is 0 Å². The van der Waals surface area contributed by atoms with Gasteiger partial charge in [0.15, 0.2) is 16.8 Å². The van der Waals surface area contributed by atoms with Gasteiger partial charge in [0, 0.05) is 42.7 Å². The fourth-order valence-corrected chi connectivity index (χ4v) is 7.09. The van der Waals surface area contributed by atoms with Gasteiger partial charge in [0.1, 0.15) is 35.3 Å². The van der Waals surface area contributed by atoms with Gasteiger partial charge < -0.3 is 23.3 Å². The minimum Gasteiger partial charge on any atom is -0.471 e. The molecule has 9 aromatic heterocycles. The molecule has 4 N–H and O–H groups in total. The predicted octanol–water partition coefficient (Wildman–Crippen LogP) is 16.1. The molecule has 9 rings (SSSR count). The number of thiophene rings is 2. The van der Waals surface area contributed by atoms with E-state index in [0.29, 0.717) is 0 Å². The van der Waals surface area contributed by atoms with Crippen molar-refractivity contribution in [1.29, 1.82) is 0 Å². The summed E-state index contributed by atoms with van der Waals surface area (Å²) in [5, 5.41) is 19.5. The second-order valence-electron chi connectivity index (χ2n) is 9.42. The summed E-state index contributed by atoms with van der Waals surface area (Å²) in [6.07, 6.45) is 15.8. The summed E-state index contributed by atoms with van der Waals surface area (Å²) in [5.41, 5.74) is 0. The quantitative estimate of drug-likeness (QED) is 0.0880. The zero-order valence-corrected chi connectivity index (χ0v) is 50.6. The third kappa shape index (κ3) is 27.7. The topological polar surface area (TPSA) is 141 Å². The first-order chi connectivity index (χ1) is 29.3. The number of halogens is 17. The third-order valence-corrected chi connectivity index (χ3v) is 14.2. The molecule has 0 saturated carbocycles. The molecule has 10 nitrogen and oxygen atoms in total.